The molecule has 0 aliphatic heterocycles. The van der Waals surface area contributed by atoms with Crippen LogP contribution in [0.1, 0.15) is 27.3 Å². The topological polar surface area (TPSA) is 54.1 Å². The summed E-state index contributed by atoms with van der Waals surface area (Å²) in [7, 11) is 1.28. The predicted octanol–water partition coefficient (Wildman–Crippen LogP) is 5.21. The van der Waals surface area contributed by atoms with Gasteiger partial charge < -0.3 is 14.4 Å². The molecular formula is C15H14ClF3N2O2S. The predicted molar refractivity (Wildman–Crippen MR) is 87.5 cm³/mol. The molecule has 1 aromatic carbocycles. The van der Waals surface area contributed by atoms with Crippen molar-refractivity contribution in [3.63, 3.8) is 0 Å². The molecule has 0 amide bonds. The standard InChI is InChI=1S/C15H14ClF3N2O2S/c1-7-12(14(22)23-3)13(8(2)20-7)24-21-9-4-5-10(11(16)6-9)15(17,18)19/h4-6,20-21H,1-3H3. The molecule has 9 heteroatoms. The molecule has 0 aliphatic carbocycles. The van der Waals surface area contributed by atoms with Crippen LogP contribution in [0.25, 0.3) is 0 Å². The van der Waals surface area contributed by atoms with Crippen LogP contribution in [0.3, 0.4) is 0 Å². The second kappa shape index (κ2) is 6.98. The van der Waals surface area contributed by atoms with Crippen LogP contribution in [0, 0.1) is 13.8 Å². The molecule has 1 heterocycles. The zero-order chi connectivity index (χ0) is 18.1. The summed E-state index contributed by atoms with van der Waals surface area (Å²) in [6.45, 7) is 3.52. The van der Waals surface area contributed by atoms with E-state index in [1.165, 1.54) is 19.2 Å². The van der Waals surface area contributed by atoms with Crippen LogP contribution in [0.2, 0.25) is 5.02 Å². The molecule has 4 nitrogen and oxygen atoms in total. The minimum atomic E-state index is -4.50. The van der Waals surface area contributed by atoms with E-state index in [9.17, 15) is 18.0 Å². The van der Waals surface area contributed by atoms with E-state index in [1.807, 2.05) is 0 Å². The molecule has 0 saturated carbocycles. The molecule has 0 unspecified atom stereocenters. The first-order valence-corrected chi connectivity index (χ1v) is 7.91. The zero-order valence-corrected chi connectivity index (χ0v) is 14.5. The number of carbonyl (C=O) groups is 1. The number of hydrogen-bond donors (Lipinski definition) is 2. The lowest BCUT2D eigenvalue weighted by molar-refractivity contribution is -0.137. The van der Waals surface area contributed by atoms with Crippen LogP contribution in [-0.4, -0.2) is 18.1 Å². The van der Waals surface area contributed by atoms with Gasteiger partial charge in [-0.2, -0.15) is 13.2 Å². The average molecular weight is 379 g/mol. The van der Waals surface area contributed by atoms with Crippen LogP contribution in [0.5, 0.6) is 0 Å². The summed E-state index contributed by atoms with van der Waals surface area (Å²) in [4.78, 5) is 15.5. The van der Waals surface area contributed by atoms with Gasteiger partial charge in [0.25, 0.3) is 0 Å². The zero-order valence-electron chi connectivity index (χ0n) is 13.0. The molecule has 2 rings (SSSR count). The SMILES string of the molecule is COC(=O)c1c(C)[nH]c(C)c1SNc1ccc(C(F)(F)F)c(Cl)c1. The first-order valence-electron chi connectivity index (χ1n) is 6.72. The number of benzene rings is 1. The number of rotatable bonds is 4. The van der Waals surface area contributed by atoms with Gasteiger partial charge in [-0.05, 0) is 44.0 Å². The van der Waals surface area contributed by atoms with Gasteiger partial charge in [0.2, 0.25) is 0 Å². The van der Waals surface area contributed by atoms with Gasteiger partial charge >= 0.3 is 12.1 Å². The first-order chi connectivity index (χ1) is 11.1. The molecule has 24 heavy (non-hydrogen) atoms. The number of anilines is 1. The van der Waals surface area contributed by atoms with Crippen molar-refractivity contribution in [2.24, 2.45) is 0 Å². The van der Waals surface area contributed by atoms with Gasteiger partial charge in [-0.3, -0.25) is 0 Å². The number of methoxy groups -OCH3 is 1. The van der Waals surface area contributed by atoms with Crippen molar-refractivity contribution in [3.8, 4) is 0 Å². The number of carbonyl (C=O) groups excluding carboxylic acids is 1. The van der Waals surface area contributed by atoms with Crippen LogP contribution >= 0.6 is 23.5 Å². The Balaban J connectivity index is 2.23. The molecule has 0 atom stereocenters. The lowest BCUT2D eigenvalue weighted by atomic mass is 10.2. The third-order valence-electron chi connectivity index (χ3n) is 3.25. The van der Waals surface area contributed by atoms with Crippen molar-refractivity contribution in [1.82, 2.24) is 4.98 Å². The number of H-pyrrole nitrogens is 1. The highest BCUT2D eigenvalue weighted by atomic mass is 35.5. The Morgan fingerprint density at radius 2 is 1.96 bits per heavy atom. The molecule has 0 saturated heterocycles. The van der Waals surface area contributed by atoms with Gasteiger partial charge in [-0.15, -0.1) is 0 Å². The summed E-state index contributed by atoms with van der Waals surface area (Å²) in [5, 5.41) is -0.400. The highest BCUT2D eigenvalue weighted by Crippen LogP contribution is 2.37. The summed E-state index contributed by atoms with van der Waals surface area (Å²) in [6.07, 6.45) is -4.50. The largest absolute Gasteiger partial charge is 0.465 e. The van der Waals surface area contributed by atoms with Crippen LogP contribution < -0.4 is 4.72 Å². The quantitative estimate of drug-likeness (QED) is 0.566. The van der Waals surface area contributed by atoms with E-state index in [4.69, 9.17) is 16.3 Å². The summed E-state index contributed by atoms with van der Waals surface area (Å²) >= 11 is 6.78. The lowest BCUT2D eigenvalue weighted by Crippen LogP contribution is -2.06. The van der Waals surface area contributed by atoms with Gasteiger partial charge in [-0.25, -0.2) is 4.79 Å². The van der Waals surface area contributed by atoms with E-state index in [2.05, 4.69) is 9.71 Å². The molecule has 0 aliphatic rings. The summed E-state index contributed by atoms with van der Waals surface area (Å²) < 4.78 is 45.7. The Hall–Kier alpha value is -1.80. The Labute approximate surface area is 145 Å². The van der Waals surface area contributed by atoms with E-state index in [1.54, 1.807) is 13.8 Å². The minimum Gasteiger partial charge on any atom is -0.465 e. The number of nitrogens with one attached hydrogen (secondary N) is 2. The summed E-state index contributed by atoms with van der Waals surface area (Å²) in [6, 6.07) is 3.36. The van der Waals surface area contributed by atoms with Gasteiger partial charge in [-0.1, -0.05) is 11.6 Å². The summed E-state index contributed by atoms with van der Waals surface area (Å²) in [5.41, 5.74) is 1.25. The summed E-state index contributed by atoms with van der Waals surface area (Å²) in [5.74, 6) is -0.494. The van der Waals surface area contributed by atoms with Crippen molar-refractivity contribution in [2.75, 3.05) is 11.8 Å². The molecule has 0 bridgehead atoms. The van der Waals surface area contributed by atoms with Gasteiger partial charge in [0.05, 0.1) is 28.2 Å². The van der Waals surface area contributed by atoms with Crippen LogP contribution in [0.15, 0.2) is 23.1 Å². The number of alkyl halides is 3. The molecule has 1 aromatic heterocycles. The number of halogens is 4. The third-order valence-corrected chi connectivity index (χ3v) is 4.62. The second-order valence-corrected chi connectivity index (χ2v) is 6.19. The molecule has 0 spiro atoms. The molecule has 130 valence electrons. The smallest absolute Gasteiger partial charge is 0.417 e. The maximum atomic E-state index is 12.7. The number of ether oxygens (including phenoxy) is 1. The number of aromatic amines is 1. The third kappa shape index (κ3) is 3.81. The van der Waals surface area contributed by atoms with Gasteiger partial charge in [0, 0.05) is 17.1 Å². The fraction of sp³-hybridized carbons (Fsp3) is 0.267. The number of esters is 1. The van der Waals surface area contributed by atoms with Crippen molar-refractivity contribution in [1.29, 1.82) is 0 Å². The maximum absolute atomic E-state index is 12.7. The Morgan fingerprint density at radius 3 is 2.50 bits per heavy atom. The van der Waals surface area contributed by atoms with Gasteiger partial charge in [0.1, 0.15) is 0 Å². The minimum absolute atomic E-state index is 0.380. The lowest BCUT2D eigenvalue weighted by Gasteiger charge is -2.11. The Kier molecular flexibility index (Phi) is 5.39. The monoisotopic (exact) mass is 378 g/mol. The van der Waals surface area contributed by atoms with E-state index in [0.29, 0.717) is 21.8 Å². The first kappa shape index (κ1) is 18.5. The Bertz CT molecular complexity index is 775. The molecular weight excluding hydrogens is 365 g/mol. The highest BCUT2D eigenvalue weighted by molar-refractivity contribution is 8.00. The van der Waals surface area contributed by atoms with E-state index in [-0.39, 0.29) is 0 Å². The fourth-order valence-corrected chi connectivity index (χ4v) is 3.33. The van der Waals surface area contributed by atoms with Crippen molar-refractivity contribution < 1.29 is 22.7 Å². The molecule has 2 aromatic rings. The number of aromatic nitrogens is 1. The average Bonchev–Trinajstić information content (AvgIpc) is 2.77. The normalized spacial score (nSPS) is 11.5. The number of aryl methyl sites for hydroxylation is 2. The maximum Gasteiger partial charge on any atom is 0.417 e. The van der Waals surface area contributed by atoms with Crippen molar-refractivity contribution in [2.45, 2.75) is 24.9 Å². The molecule has 0 fully saturated rings. The van der Waals surface area contributed by atoms with Crippen LogP contribution in [-0.2, 0) is 10.9 Å². The van der Waals surface area contributed by atoms with E-state index in [0.717, 1.165) is 23.7 Å². The fourth-order valence-electron chi connectivity index (χ4n) is 2.15. The number of hydrogen-bond acceptors (Lipinski definition) is 4. The van der Waals surface area contributed by atoms with Crippen LogP contribution in [0.4, 0.5) is 18.9 Å². The highest BCUT2D eigenvalue weighted by Gasteiger charge is 2.33. The van der Waals surface area contributed by atoms with Gasteiger partial charge in [0.15, 0.2) is 0 Å². The Morgan fingerprint density at radius 1 is 1.29 bits per heavy atom. The molecule has 2 N–H and O–H groups in total. The molecule has 0 radical (unpaired) electrons. The van der Waals surface area contributed by atoms with E-state index >= 15 is 0 Å². The van der Waals surface area contributed by atoms with Crippen molar-refractivity contribution >= 4 is 35.2 Å². The van der Waals surface area contributed by atoms with E-state index < -0.39 is 22.7 Å². The second-order valence-electron chi connectivity index (χ2n) is 4.97. The van der Waals surface area contributed by atoms with Crippen molar-refractivity contribution in [3.05, 3.63) is 45.7 Å².